The van der Waals surface area contributed by atoms with E-state index in [1.807, 2.05) is 0 Å². The number of rotatable bonds is 0. The summed E-state index contributed by atoms with van der Waals surface area (Å²) >= 11 is 27.9. The fraction of sp³-hybridized carbons (Fsp3) is 0. The lowest BCUT2D eigenvalue weighted by Gasteiger charge is -2.13. The first-order chi connectivity index (χ1) is 6.00. The zero-order valence-corrected chi connectivity index (χ0v) is 9.62. The number of allylic oxidation sites excluding steroid dienone is 4. The van der Waals surface area contributed by atoms with Gasteiger partial charge in [-0.25, -0.2) is 0 Å². The van der Waals surface area contributed by atoms with Gasteiger partial charge in [0.1, 0.15) is 5.71 Å². The SMILES string of the molecule is N=C1C(Cl)=C(Cl)C(=NCl)C(Cl)=C1Cl. The molecule has 13 heavy (non-hydrogen) atoms. The third-order valence-corrected chi connectivity index (χ3v) is 3.18. The van der Waals surface area contributed by atoms with Gasteiger partial charge >= 0.3 is 0 Å². The van der Waals surface area contributed by atoms with Gasteiger partial charge in [-0.1, -0.05) is 46.4 Å². The maximum atomic E-state index is 7.38. The van der Waals surface area contributed by atoms with Crippen LogP contribution >= 0.6 is 58.2 Å². The molecular weight excluding hydrogens is 277 g/mol. The molecule has 0 unspecified atom stereocenters. The van der Waals surface area contributed by atoms with Crippen LogP contribution in [-0.2, 0) is 0 Å². The van der Waals surface area contributed by atoms with Crippen molar-refractivity contribution in [1.29, 1.82) is 5.41 Å². The van der Waals surface area contributed by atoms with E-state index in [1.165, 1.54) is 0 Å². The van der Waals surface area contributed by atoms with E-state index in [9.17, 15) is 0 Å². The summed E-state index contributed by atoms with van der Waals surface area (Å²) in [5, 5.41) is 7.39. The van der Waals surface area contributed by atoms with E-state index in [1.54, 1.807) is 0 Å². The minimum Gasteiger partial charge on any atom is -0.298 e. The number of nitrogens with one attached hydrogen (secondary N) is 1. The van der Waals surface area contributed by atoms with Crippen LogP contribution in [0.1, 0.15) is 0 Å². The molecule has 0 aromatic carbocycles. The quantitative estimate of drug-likeness (QED) is 0.650. The van der Waals surface area contributed by atoms with Gasteiger partial charge in [0, 0.05) is 11.8 Å². The summed E-state index contributed by atoms with van der Waals surface area (Å²) in [7, 11) is 0. The largest absolute Gasteiger partial charge is 0.298 e. The highest BCUT2D eigenvalue weighted by Gasteiger charge is 2.27. The molecule has 1 N–H and O–H groups in total. The van der Waals surface area contributed by atoms with Crippen LogP contribution in [0.4, 0.5) is 0 Å². The van der Waals surface area contributed by atoms with E-state index < -0.39 is 0 Å². The van der Waals surface area contributed by atoms with Crippen LogP contribution in [0.5, 0.6) is 0 Å². The Bertz CT molecular complexity index is 335. The second kappa shape index (κ2) is 4.20. The minimum atomic E-state index is -0.137. The molecular formula is C6HCl5N2. The summed E-state index contributed by atoms with van der Waals surface area (Å²) in [6.07, 6.45) is 0. The average Bonchev–Trinajstić information content (AvgIpc) is 2.13. The van der Waals surface area contributed by atoms with Crippen LogP contribution < -0.4 is 0 Å². The van der Waals surface area contributed by atoms with Crippen LogP contribution in [0.3, 0.4) is 0 Å². The fourth-order valence-corrected chi connectivity index (χ4v) is 1.88. The van der Waals surface area contributed by atoms with E-state index in [-0.39, 0.29) is 31.6 Å². The van der Waals surface area contributed by atoms with Crippen molar-refractivity contribution in [2.75, 3.05) is 0 Å². The van der Waals surface area contributed by atoms with Crippen molar-refractivity contribution < 1.29 is 0 Å². The molecule has 0 bridgehead atoms. The van der Waals surface area contributed by atoms with E-state index in [0.29, 0.717) is 0 Å². The minimum absolute atomic E-state index is 0.0181. The second-order valence-corrected chi connectivity index (χ2v) is 3.74. The lowest BCUT2D eigenvalue weighted by Crippen LogP contribution is -2.14. The van der Waals surface area contributed by atoms with Gasteiger partial charge in [-0.3, -0.25) is 5.41 Å². The highest BCUT2D eigenvalue weighted by atomic mass is 35.5. The summed E-state index contributed by atoms with van der Waals surface area (Å²) < 4.78 is 3.29. The van der Waals surface area contributed by atoms with Crippen LogP contribution in [0.25, 0.3) is 0 Å². The molecule has 0 spiro atoms. The predicted octanol–water partition coefficient (Wildman–Crippen LogP) is 3.99. The maximum Gasteiger partial charge on any atom is 0.118 e. The van der Waals surface area contributed by atoms with Gasteiger partial charge in [0.05, 0.1) is 25.8 Å². The van der Waals surface area contributed by atoms with Gasteiger partial charge in [-0.05, 0) is 0 Å². The van der Waals surface area contributed by atoms with Gasteiger partial charge in [0.15, 0.2) is 0 Å². The number of hydrogen-bond donors (Lipinski definition) is 1. The monoisotopic (exact) mass is 276 g/mol. The van der Waals surface area contributed by atoms with Crippen molar-refractivity contribution in [3.05, 3.63) is 20.1 Å². The second-order valence-electron chi connectivity index (χ2n) is 2.06. The molecule has 0 saturated carbocycles. The van der Waals surface area contributed by atoms with Gasteiger partial charge in [-0.2, -0.15) is 4.51 Å². The molecule has 0 aromatic heterocycles. The Morgan fingerprint density at radius 1 is 0.846 bits per heavy atom. The zero-order chi connectivity index (χ0) is 10.2. The predicted molar refractivity (Wildman–Crippen MR) is 58.5 cm³/mol. The van der Waals surface area contributed by atoms with Crippen molar-refractivity contribution in [3.63, 3.8) is 0 Å². The summed E-state index contributed by atoms with van der Waals surface area (Å²) in [5.41, 5.74) is -0.0570. The third kappa shape index (κ3) is 1.88. The average molecular weight is 278 g/mol. The Hall–Kier alpha value is 0.270. The smallest absolute Gasteiger partial charge is 0.118 e. The van der Waals surface area contributed by atoms with Gasteiger partial charge < -0.3 is 0 Å². The highest BCUT2D eigenvalue weighted by molar-refractivity contribution is 6.70. The summed E-state index contributed by atoms with van der Waals surface area (Å²) in [5.74, 6) is 0. The molecule has 1 rings (SSSR count). The molecule has 0 atom stereocenters. The standard InChI is InChI=1S/C6HCl5N2/c7-1-3(9)6(13-11)4(10)2(8)5(1)12/h12H. The Morgan fingerprint density at radius 3 is 1.54 bits per heavy atom. The third-order valence-electron chi connectivity index (χ3n) is 1.32. The molecule has 0 aromatic rings. The molecule has 0 aliphatic heterocycles. The van der Waals surface area contributed by atoms with Crippen LogP contribution in [-0.4, -0.2) is 11.4 Å². The first-order valence-electron chi connectivity index (χ1n) is 2.90. The number of nitrogens with zero attached hydrogens (tertiary/aromatic N) is 1. The Morgan fingerprint density at radius 2 is 1.23 bits per heavy atom. The Kier molecular flexibility index (Phi) is 3.66. The fourth-order valence-electron chi connectivity index (χ4n) is 0.694. The lowest BCUT2D eigenvalue weighted by molar-refractivity contribution is 1.50. The van der Waals surface area contributed by atoms with Gasteiger partial charge in [0.25, 0.3) is 0 Å². The molecule has 0 saturated heterocycles. The van der Waals surface area contributed by atoms with Gasteiger partial charge in [-0.15, -0.1) is 0 Å². The number of halogens is 5. The zero-order valence-electron chi connectivity index (χ0n) is 5.84. The highest BCUT2D eigenvalue weighted by Crippen LogP contribution is 2.34. The van der Waals surface area contributed by atoms with E-state index >= 15 is 0 Å². The van der Waals surface area contributed by atoms with Crippen LogP contribution in [0, 0.1) is 5.41 Å². The molecule has 70 valence electrons. The number of hydrogen-bond acceptors (Lipinski definition) is 2. The molecule has 1 aliphatic rings. The van der Waals surface area contributed by atoms with Crippen LogP contribution in [0.15, 0.2) is 24.6 Å². The summed E-state index contributed by atoms with van der Waals surface area (Å²) in [4.78, 5) is 0. The van der Waals surface area contributed by atoms with Crippen molar-refractivity contribution >= 4 is 69.6 Å². The lowest BCUT2D eigenvalue weighted by atomic mass is 10.1. The summed E-state index contributed by atoms with van der Waals surface area (Å²) in [6, 6.07) is 0. The van der Waals surface area contributed by atoms with E-state index in [4.69, 9.17) is 63.6 Å². The molecule has 0 fully saturated rings. The van der Waals surface area contributed by atoms with Crippen molar-refractivity contribution in [1.82, 2.24) is 0 Å². The Labute approximate surface area is 99.4 Å². The molecule has 7 heteroatoms. The van der Waals surface area contributed by atoms with E-state index in [2.05, 4.69) is 4.51 Å². The van der Waals surface area contributed by atoms with E-state index in [0.717, 1.165) is 0 Å². The van der Waals surface area contributed by atoms with Crippen molar-refractivity contribution in [2.24, 2.45) is 4.51 Å². The molecule has 0 radical (unpaired) electrons. The van der Waals surface area contributed by atoms with Crippen molar-refractivity contribution in [2.45, 2.75) is 0 Å². The molecule has 2 nitrogen and oxygen atoms in total. The first kappa shape index (κ1) is 11.3. The first-order valence-corrected chi connectivity index (χ1v) is 4.75. The van der Waals surface area contributed by atoms with Crippen LogP contribution in [0.2, 0.25) is 0 Å². The molecule has 0 amide bonds. The molecule has 0 heterocycles. The normalized spacial score (nSPS) is 18.5. The summed E-state index contributed by atoms with van der Waals surface area (Å²) in [6.45, 7) is 0. The topological polar surface area (TPSA) is 36.2 Å². The van der Waals surface area contributed by atoms with Crippen molar-refractivity contribution in [3.8, 4) is 0 Å². The van der Waals surface area contributed by atoms with Gasteiger partial charge in [0.2, 0.25) is 0 Å². The molecule has 1 aliphatic carbocycles. The maximum absolute atomic E-state index is 7.38. The Balaban J connectivity index is 3.38.